The molecule has 0 atom stereocenters. The molecule has 2 aromatic heterocycles. The van der Waals surface area contributed by atoms with Gasteiger partial charge in [0.1, 0.15) is 11.5 Å². The molecule has 6 nitrogen and oxygen atoms in total. The average molecular weight is 247 g/mol. The third kappa shape index (κ3) is 1.79. The fourth-order valence-electron chi connectivity index (χ4n) is 2.05. The molecule has 96 valence electrons. The predicted octanol–water partition coefficient (Wildman–Crippen LogP) is 1.07. The Bertz CT molecular complexity index is 608. The summed E-state index contributed by atoms with van der Waals surface area (Å²) in [6.07, 6.45) is 0. The number of aryl methyl sites for hydroxylation is 4. The van der Waals surface area contributed by atoms with Gasteiger partial charge in [-0.05, 0) is 26.8 Å². The van der Waals surface area contributed by atoms with Gasteiger partial charge in [-0.1, -0.05) is 0 Å². The van der Waals surface area contributed by atoms with Crippen LogP contribution in [0.25, 0.3) is 0 Å². The highest BCUT2D eigenvalue weighted by atomic mass is 16.1. The molecule has 0 fully saturated rings. The Balaban J connectivity index is 2.54. The zero-order valence-electron chi connectivity index (χ0n) is 11.1. The van der Waals surface area contributed by atoms with E-state index in [1.54, 1.807) is 24.7 Å². The molecular formula is C12H17N5O. The summed E-state index contributed by atoms with van der Waals surface area (Å²) in [5.74, 6) is 0.263. The number of aromatic nitrogens is 4. The second kappa shape index (κ2) is 4.29. The van der Waals surface area contributed by atoms with Crippen LogP contribution < -0.4 is 5.73 Å². The topological polar surface area (TPSA) is 78.7 Å². The van der Waals surface area contributed by atoms with Crippen molar-refractivity contribution >= 4 is 11.6 Å². The van der Waals surface area contributed by atoms with Crippen LogP contribution >= 0.6 is 0 Å². The maximum Gasteiger partial charge on any atom is 0.216 e. The number of carbonyl (C=O) groups is 1. The van der Waals surface area contributed by atoms with Crippen LogP contribution in [0.2, 0.25) is 0 Å². The van der Waals surface area contributed by atoms with E-state index < -0.39 is 0 Å². The standard InChI is InChI=1S/C12H17N5O/c1-5-17-9(6-7(2)14-17)11(18)10-8(3)15-16(4)12(10)13/h6H,5,13H2,1-4H3. The first-order valence-corrected chi connectivity index (χ1v) is 5.84. The van der Waals surface area contributed by atoms with E-state index in [1.807, 2.05) is 13.8 Å². The lowest BCUT2D eigenvalue weighted by Gasteiger charge is -2.04. The molecule has 0 aliphatic carbocycles. The van der Waals surface area contributed by atoms with Crippen LogP contribution in [0, 0.1) is 13.8 Å². The Morgan fingerprint density at radius 2 is 2.06 bits per heavy atom. The molecule has 18 heavy (non-hydrogen) atoms. The highest BCUT2D eigenvalue weighted by Crippen LogP contribution is 2.20. The molecule has 2 N–H and O–H groups in total. The first kappa shape index (κ1) is 12.3. The van der Waals surface area contributed by atoms with Gasteiger partial charge in [0, 0.05) is 13.6 Å². The first-order chi connectivity index (χ1) is 8.45. The minimum Gasteiger partial charge on any atom is -0.383 e. The minimum absolute atomic E-state index is 0.124. The lowest BCUT2D eigenvalue weighted by molar-refractivity contribution is 0.102. The number of nitrogens with zero attached hydrogens (tertiary/aromatic N) is 4. The van der Waals surface area contributed by atoms with E-state index in [1.165, 1.54) is 4.68 Å². The molecule has 0 aromatic carbocycles. The number of carbonyl (C=O) groups excluding carboxylic acids is 1. The van der Waals surface area contributed by atoms with Gasteiger partial charge >= 0.3 is 0 Å². The highest BCUT2D eigenvalue weighted by Gasteiger charge is 2.23. The summed E-state index contributed by atoms with van der Waals surface area (Å²) >= 11 is 0. The third-order valence-corrected chi connectivity index (χ3v) is 2.93. The van der Waals surface area contributed by atoms with Crippen LogP contribution in [-0.4, -0.2) is 25.3 Å². The number of rotatable bonds is 3. The third-order valence-electron chi connectivity index (χ3n) is 2.93. The van der Waals surface area contributed by atoms with E-state index >= 15 is 0 Å². The smallest absolute Gasteiger partial charge is 0.216 e. The normalized spacial score (nSPS) is 10.9. The summed E-state index contributed by atoms with van der Waals surface area (Å²) in [7, 11) is 1.72. The van der Waals surface area contributed by atoms with Gasteiger partial charge in [0.15, 0.2) is 0 Å². The van der Waals surface area contributed by atoms with E-state index in [-0.39, 0.29) is 5.78 Å². The lowest BCUT2D eigenvalue weighted by Crippen LogP contribution is -2.13. The van der Waals surface area contributed by atoms with Crippen molar-refractivity contribution in [2.75, 3.05) is 5.73 Å². The first-order valence-electron chi connectivity index (χ1n) is 5.84. The van der Waals surface area contributed by atoms with Crippen LogP contribution in [-0.2, 0) is 13.6 Å². The Morgan fingerprint density at radius 1 is 1.39 bits per heavy atom. The number of hydrogen-bond acceptors (Lipinski definition) is 4. The van der Waals surface area contributed by atoms with Gasteiger partial charge in [0.25, 0.3) is 0 Å². The Hall–Kier alpha value is -2.11. The van der Waals surface area contributed by atoms with Crippen LogP contribution in [0.15, 0.2) is 6.07 Å². The predicted molar refractivity (Wildman–Crippen MR) is 68.4 cm³/mol. The van der Waals surface area contributed by atoms with Crippen molar-refractivity contribution in [3.63, 3.8) is 0 Å². The molecule has 0 bridgehead atoms. The molecular weight excluding hydrogens is 230 g/mol. The largest absolute Gasteiger partial charge is 0.383 e. The molecule has 0 saturated carbocycles. The molecule has 0 aliphatic heterocycles. The summed E-state index contributed by atoms with van der Waals surface area (Å²) in [5.41, 5.74) is 8.37. The van der Waals surface area contributed by atoms with Crippen LogP contribution in [0.3, 0.4) is 0 Å². The fraction of sp³-hybridized carbons (Fsp3) is 0.417. The number of hydrogen-bond donors (Lipinski definition) is 1. The van der Waals surface area contributed by atoms with E-state index in [0.717, 1.165) is 5.69 Å². The molecule has 0 saturated heterocycles. The number of nitrogens with two attached hydrogens (primary N) is 1. The van der Waals surface area contributed by atoms with Gasteiger partial charge < -0.3 is 5.73 Å². The minimum atomic E-state index is -0.124. The second-order valence-electron chi connectivity index (χ2n) is 4.29. The summed E-state index contributed by atoms with van der Waals surface area (Å²) in [4.78, 5) is 12.5. The number of ketones is 1. The van der Waals surface area contributed by atoms with Gasteiger partial charge in [-0.2, -0.15) is 10.2 Å². The maximum atomic E-state index is 12.5. The zero-order chi connectivity index (χ0) is 13.4. The van der Waals surface area contributed by atoms with Crippen LogP contribution in [0.1, 0.15) is 34.4 Å². The van der Waals surface area contributed by atoms with E-state index in [4.69, 9.17) is 5.73 Å². The van der Waals surface area contributed by atoms with Crippen molar-refractivity contribution in [3.8, 4) is 0 Å². The SMILES string of the molecule is CCn1nc(C)cc1C(=O)c1c(C)nn(C)c1N. The Morgan fingerprint density at radius 3 is 2.56 bits per heavy atom. The van der Waals surface area contributed by atoms with E-state index in [0.29, 0.717) is 29.3 Å². The number of anilines is 1. The zero-order valence-corrected chi connectivity index (χ0v) is 11.1. The maximum absolute atomic E-state index is 12.5. The summed E-state index contributed by atoms with van der Waals surface area (Å²) in [5, 5.41) is 8.43. The molecule has 0 unspecified atom stereocenters. The molecule has 2 aromatic rings. The Labute approximate surface area is 105 Å². The molecule has 0 spiro atoms. The molecule has 2 heterocycles. The summed E-state index contributed by atoms with van der Waals surface area (Å²) in [6.45, 7) is 6.24. The molecule has 0 radical (unpaired) electrons. The van der Waals surface area contributed by atoms with Crippen molar-refractivity contribution in [1.29, 1.82) is 0 Å². The summed E-state index contributed by atoms with van der Waals surface area (Å²) < 4.78 is 3.20. The van der Waals surface area contributed by atoms with Crippen LogP contribution in [0.5, 0.6) is 0 Å². The van der Waals surface area contributed by atoms with Gasteiger partial charge in [-0.25, -0.2) is 0 Å². The molecule has 0 amide bonds. The van der Waals surface area contributed by atoms with Crippen molar-refractivity contribution in [2.24, 2.45) is 7.05 Å². The quantitative estimate of drug-likeness (QED) is 0.823. The highest BCUT2D eigenvalue weighted by molar-refractivity contribution is 6.11. The Kier molecular flexibility index (Phi) is 2.94. The van der Waals surface area contributed by atoms with Crippen molar-refractivity contribution in [2.45, 2.75) is 27.3 Å². The van der Waals surface area contributed by atoms with Gasteiger partial charge in [0.05, 0.1) is 17.0 Å². The molecule has 2 rings (SSSR count). The fourth-order valence-corrected chi connectivity index (χ4v) is 2.05. The van der Waals surface area contributed by atoms with Gasteiger partial charge in [0.2, 0.25) is 5.78 Å². The van der Waals surface area contributed by atoms with Crippen molar-refractivity contribution < 1.29 is 4.79 Å². The van der Waals surface area contributed by atoms with Crippen LogP contribution in [0.4, 0.5) is 5.82 Å². The van der Waals surface area contributed by atoms with Gasteiger partial charge in [-0.3, -0.25) is 14.2 Å². The molecule has 0 aliphatic rings. The van der Waals surface area contributed by atoms with E-state index in [2.05, 4.69) is 10.2 Å². The van der Waals surface area contributed by atoms with Crippen molar-refractivity contribution in [3.05, 3.63) is 28.7 Å². The monoisotopic (exact) mass is 247 g/mol. The number of nitrogen functional groups attached to an aromatic ring is 1. The van der Waals surface area contributed by atoms with Crippen molar-refractivity contribution in [1.82, 2.24) is 19.6 Å². The lowest BCUT2D eigenvalue weighted by atomic mass is 10.1. The summed E-state index contributed by atoms with van der Waals surface area (Å²) in [6, 6.07) is 1.78. The van der Waals surface area contributed by atoms with Gasteiger partial charge in [-0.15, -0.1) is 0 Å². The molecule has 6 heteroatoms. The second-order valence-corrected chi connectivity index (χ2v) is 4.29. The van der Waals surface area contributed by atoms with E-state index in [9.17, 15) is 4.79 Å². The average Bonchev–Trinajstić information content (AvgIpc) is 2.80.